The van der Waals surface area contributed by atoms with Gasteiger partial charge in [0.05, 0.1) is 22.6 Å². The Morgan fingerprint density at radius 3 is 2.31 bits per heavy atom. The summed E-state index contributed by atoms with van der Waals surface area (Å²) in [5, 5.41) is 0.555. The fraction of sp³-hybridized carbons (Fsp3) is 0.222. The van der Waals surface area contributed by atoms with Gasteiger partial charge in [0.2, 0.25) is 0 Å². The second-order valence-corrected chi connectivity index (χ2v) is 8.05. The lowest BCUT2D eigenvalue weighted by atomic mass is 10.1. The van der Waals surface area contributed by atoms with Gasteiger partial charge in [-0.25, -0.2) is 4.98 Å². The molecule has 0 aliphatic heterocycles. The Balaban J connectivity index is 1.91. The zero-order valence-corrected chi connectivity index (χ0v) is 18.9. The quantitative estimate of drug-likeness (QED) is 0.440. The molecule has 1 heterocycles. The maximum atomic E-state index is 13.6. The number of amides is 1. The van der Waals surface area contributed by atoms with Crippen LogP contribution in [0.25, 0.3) is 16.6 Å². The molecule has 0 bridgehead atoms. The standard InChI is InChI=1S/C27H27N3O2/c1-5-29(26(31)21-16-14-18(2)15-17-21)20(4)25-28-23-12-8-7-11-22(23)27(32)30(25)24-13-9-6-10-19(24)3/h6-17,20H,5H2,1-4H3. The third-order valence-electron chi connectivity index (χ3n) is 5.90. The van der Waals surface area contributed by atoms with Gasteiger partial charge in [0.15, 0.2) is 0 Å². The SMILES string of the molecule is CCN(C(=O)c1ccc(C)cc1)C(C)c1nc2ccccc2c(=O)n1-c1ccccc1C. The van der Waals surface area contributed by atoms with Crippen molar-refractivity contribution in [3.8, 4) is 5.69 Å². The van der Waals surface area contributed by atoms with Crippen molar-refractivity contribution in [2.75, 3.05) is 6.54 Å². The van der Waals surface area contributed by atoms with E-state index >= 15 is 0 Å². The summed E-state index contributed by atoms with van der Waals surface area (Å²) < 4.78 is 1.66. The van der Waals surface area contributed by atoms with Gasteiger partial charge >= 0.3 is 0 Å². The van der Waals surface area contributed by atoms with E-state index in [9.17, 15) is 9.59 Å². The number of hydrogen-bond acceptors (Lipinski definition) is 3. The van der Waals surface area contributed by atoms with Crippen LogP contribution in [-0.4, -0.2) is 26.9 Å². The van der Waals surface area contributed by atoms with Crippen molar-refractivity contribution in [1.29, 1.82) is 0 Å². The van der Waals surface area contributed by atoms with E-state index in [0.717, 1.165) is 16.8 Å². The van der Waals surface area contributed by atoms with Gasteiger partial charge in [0.25, 0.3) is 11.5 Å². The van der Waals surface area contributed by atoms with E-state index in [4.69, 9.17) is 4.98 Å². The van der Waals surface area contributed by atoms with E-state index in [-0.39, 0.29) is 11.5 Å². The summed E-state index contributed by atoms with van der Waals surface area (Å²) in [6, 6.07) is 22.2. The summed E-state index contributed by atoms with van der Waals surface area (Å²) in [5.74, 6) is 0.462. The van der Waals surface area contributed by atoms with Gasteiger partial charge in [0, 0.05) is 12.1 Å². The van der Waals surface area contributed by atoms with E-state index in [1.807, 2.05) is 94.4 Å². The maximum absolute atomic E-state index is 13.6. The topological polar surface area (TPSA) is 55.2 Å². The molecule has 32 heavy (non-hydrogen) atoms. The first kappa shape index (κ1) is 21.5. The lowest BCUT2D eigenvalue weighted by Crippen LogP contribution is -2.37. The highest BCUT2D eigenvalue weighted by Gasteiger charge is 2.27. The molecule has 4 rings (SSSR count). The van der Waals surface area contributed by atoms with Crippen LogP contribution in [0.1, 0.15) is 47.2 Å². The third-order valence-corrected chi connectivity index (χ3v) is 5.90. The molecule has 0 spiro atoms. The van der Waals surface area contributed by atoms with Crippen molar-refractivity contribution in [2.45, 2.75) is 33.7 Å². The Kier molecular flexibility index (Phi) is 5.91. The van der Waals surface area contributed by atoms with Gasteiger partial charge < -0.3 is 4.90 Å². The second-order valence-electron chi connectivity index (χ2n) is 8.05. The van der Waals surface area contributed by atoms with Crippen LogP contribution in [-0.2, 0) is 0 Å². The first-order valence-electron chi connectivity index (χ1n) is 10.9. The van der Waals surface area contributed by atoms with Crippen LogP contribution >= 0.6 is 0 Å². The van der Waals surface area contributed by atoms with Crippen LogP contribution in [0.5, 0.6) is 0 Å². The van der Waals surface area contributed by atoms with Gasteiger partial charge in [-0.1, -0.05) is 48.0 Å². The van der Waals surface area contributed by atoms with Gasteiger partial charge in [-0.05, 0) is 63.6 Å². The van der Waals surface area contributed by atoms with E-state index in [0.29, 0.717) is 28.8 Å². The van der Waals surface area contributed by atoms with Crippen molar-refractivity contribution < 1.29 is 4.79 Å². The molecule has 1 unspecified atom stereocenters. The minimum atomic E-state index is -0.411. The summed E-state index contributed by atoms with van der Waals surface area (Å²) in [7, 11) is 0. The Labute approximate surface area is 188 Å². The Bertz CT molecular complexity index is 1340. The zero-order valence-electron chi connectivity index (χ0n) is 18.9. The zero-order chi connectivity index (χ0) is 22.8. The molecule has 0 aliphatic carbocycles. The predicted octanol–water partition coefficient (Wildman–Crippen LogP) is 5.23. The molecule has 0 saturated heterocycles. The fourth-order valence-electron chi connectivity index (χ4n) is 4.07. The lowest BCUT2D eigenvalue weighted by molar-refractivity contribution is 0.0693. The van der Waals surface area contributed by atoms with Crippen molar-refractivity contribution in [3.63, 3.8) is 0 Å². The number of nitrogens with zero attached hydrogens (tertiary/aromatic N) is 3. The molecular formula is C27H27N3O2. The summed E-state index contributed by atoms with van der Waals surface area (Å²) in [4.78, 5) is 33.6. The molecule has 162 valence electrons. The van der Waals surface area contributed by atoms with Crippen molar-refractivity contribution >= 4 is 16.8 Å². The Morgan fingerprint density at radius 2 is 1.62 bits per heavy atom. The number of hydrogen-bond donors (Lipinski definition) is 0. The summed E-state index contributed by atoms with van der Waals surface area (Å²) in [6.07, 6.45) is 0. The minimum Gasteiger partial charge on any atom is -0.329 e. The molecule has 0 radical (unpaired) electrons. The molecule has 5 nitrogen and oxygen atoms in total. The van der Waals surface area contributed by atoms with E-state index in [1.165, 1.54) is 0 Å². The normalized spacial score (nSPS) is 12.0. The Morgan fingerprint density at radius 1 is 0.969 bits per heavy atom. The third kappa shape index (κ3) is 3.82. The van der Waals surface area contributed by atoms with E-state index in [1.54, 1.807) is 15.5 Å². The molecule has 0 N–H and O–H groups in total. The number of aromatic nitrogens is 2. The molecule has 0 fully saturated rings. The van der Waals surface area contributed by atoms with Crippen LogP contribution in [0.15, 0.2) is 77.6 Å². The van der Waals surface area contributed by atoms with E-state index < -0.39 is 6.04 Å². The second kappa shape index (κ2) is 8.79. The van der Waals surface area contributed by atoms with Crippen LogP contribution in [0.3, 0.4) is 0 Å². The highest BCUT2D eigenvalue weighted by molar-refractivity contribution is 5.94. The molecule has 5 heteroatoms. The first-order valence-corrected chi connectivity index (χ1v) is 10.9. The minimum absolute atomic E-state index is 0.0845. The summed E-state index contributed by atoms with van der Waals surface area (Å²) in [5.41, 5.74) is 3.95. The molecule has 0 aliphatic rings. The van der Waals surface area contributed by atoms with Crippen molar-refractivity contribution in [1.82, 2.24) is 14.5 Å². The number of carbonyl (C=O) groups excluding carboxylic acids is 1. The number of rotatable bonds is 5. The maximum Gasteiger partial charge on any atom is 0.266 e. The van der Waals surface area contributed by atoms with E-state index in [2.05, 4.69) is 0 Å². The monoisotopic (exact) mass is 425 g/mol. The number of carbonyl (C=O) groups is 1. The molecule has 3 aromatic carbocycles. The lowest BCUT2D eigenvalue weighted by Gasteiger charge is -2.30. The van der Waals surface area contributed by atoms with Gasteiger partial charge in [-0.2, -0.15) is 0 Å². The molecule has 4 aromatic rings. The molecule has 1 amide bonds. The van der Waals surface area contributed by atoms with Gasteiger partial charge in [0.1, 0.15) is 5.82 Å². The average molecular weight is 426 g/mol. The molecular weight excluding hydrogens is 398 g/mol. The molecule has 1 aromatic heterocycles. The van der Waals surface area contributed by atoms with Gasteiger partial charge in [-0.15, -0.1) is 0 Å². The Hall–Kier alpha value is -3.73. The highest BCUT2D eigenvalue weighted by Crippen LogP contribution is 2.25. The van der Waals surface area contributed by atoms with Crippen LogP contribution in [0.2, 0.25) is 0 Å². The van der Waals surface area contributed by atoms with Crippen LogP contribution in [0, 0.1) is 13.8 Å². The van der Waals surface area contributed by atoms with Crippen LogP contribution < -0.4 is 5.56 Å². The number of benzene rings is 3. The predicted molar refractivity (Wildman–Crippen MR) is 128 cm³/mol. The van der Waals surface area contributed by atoms with Crippen molar-refractivity contribution in [2.24, 2.45) is 0 Å². The van der Waals surface area contributed by atoms with Gasteiger partial charge in [-0.3, -0.25) is 14.2 Å². The molecule has 0 saturated carbocycles. The molecule has 1 atom stereocenters. The summed E-state index contributed by atoms with van der Waals surface area (Å²) >= 11 is 0. The first-order chi connectivity index (χ1) is 15.4. The average Bonchev–Trinajstić information content (AvgIpc) is 2.80. The highest BCUT2D eigenvalue weighted by atomic mass is 16.2. The number of para-hydroxylation sites is 2. The van der Waals surface area contributed by atoms with Crippen LogP contribution in [0.4, 0.5) is 0 Å². The smallest absolute Gasteiger partial charge is 0.266 e. The largest absolute Gasteiger partial charge is 0.329 e. The van der Waals surface area contributed by atoms with Crippen molar-refractivity contribution in [3.05, 3.63) is 106 Å². The fourth-order valence-corrected chi connectivity index (χ4v) is 4.07. The number of aryl methyl sites for hydroxylation is 2. The summed E-state index contributed by atoms with van der Waals surface area (Å²) in [6.45, 7) is 8.33. The number of fused-ring (bicyclic) bond motifs is 1.